The standard InChI is InChI=1S/C24H21ClF3N3O3S/c25-19-16(24(26,27)28)9-10-29-21(19)22(32)30-20(17-7-1-2-11-31(17)23(33)34)15-6-3-5-14(13-15)18-8-4-12-35-18/h3-6,8-10,12-13,17,20H,1-2,7,11H2,(H,30,32)(H,33,34)/t17-,20?/m0/s1. The van der Waals surface area contributed by atoms with Crippen molar-refractivity contribution in [3.63, 3.8) is 0 Å². The van der Waals surface area contributed by atoms with E-state index in [1.165, 1.54) is 16.2 Å². The summed E-state index contributed by atoms with van der Waals surface area (Å²) in [4.78, 5) is 31.2. The maximum atomic E-state index is 13.3. The van der Waals surface area contributed by atoms with Crippen LogP contribution in [0.4, 0.5) is 18.0 Å². The van der Waals surface area contributed by atoms with E-state index in [-0.39, 0.29) is 0 Å². The van der Waals surface area contributed by atoms with Crippen LogP contribution in [0.25, 0.3) is 10.4 Å². The molecule has 1 unspecified atom stereocenters. The molecule has 3 heterocycles. The highest BCUT2D eigenvalue weighted by atomic mass is 35.5. The van der Waals surface area contributed by atoms with Crippen molar-refractivity contribution in [3.8, 4) is 10.4 Å². The van der Waals surface area contributed by atoms with E-state index in [2.05, 4.69) is 10.3 Å². The molecule has 2 atom stereocenters. The zero-order valence-corrected chi connectivity index (χ0v) is 19.8. The minimum absolute atomic E-state index is 0.291. The highest BCUT2D eigenvalue weighted by Crippen LogP contribution is 2.36. The number of hydrogen-bond donors (Lipinski definition) is 2. The Bertz CT molecular complexity index is 1220. The number of nitrogens with one attached hydrogen (secondary N) is 1. The first-order valence-corrected chi connectivity index (χ1v) is 12.1. The first-order valence-electron chi connectivity index (χ1n) is 10.8. The molecule has 1 aliphatic rings. The van der Waals surface area contributed by atoms with Crippen LogP contribution in [-0.4, -0.2) is 39.6 Å². The van der Waals surface area contributed by atoms with Gasteiger partial charge in [0.25, 0.3) is 5.91 Å². The number of carbonyl (C=O) groups is 2. The third kappa shape index (κ3) is 5.43. The van der Waals surface area contributed by atoms with Crippen molar-refractivity contribution >= 4 is 34.9 Å². The summed E-state index contributed by atoms with van der Waals surface area (Å²) >= 11 is 7.46. The van der Waals surface area contributed by atoms with Gasteiger partial charge in [0.2, 0.25) is 0 Å². The number of halogens is 4. The van der Waals surface area contributed by atoms with Crippen LogP contribution in [-0.2, 0) is 6.18 Å². The van der Waals surface area contributed by atoms with Gasteiger partial charge in [-0.15, -0.1) is 11.3 Å². The Morgan fingerprint density at radius 1 is 1.20 bits per heavy atom. The van der Waals surface area contributed by atoms with Crippen LogP contribution in [0.1, 0.15) is 46.9 Å². The van der Waals surface area contributed by atoms with Crippen LogP contribution in [0.15, 0.2) is 54.0 Å². The van der Waals surface area contributed by atoms with E-state index in [0.29, 0.717) is 31.0 Å². The lowest BCUT2D eigenvalue weighted by Crippen LogP contribution is -2.50. The number of hydrogen-bond acceptors (Lipinski definition) is 4. The summed E-state index contributed by atoms with van der Waals surface area (Å²) in [6.45, 7) is 0.291. The first-order chi connectivity index (χ1) is 16.7. The fraction of sp³-hybridized carbons (Fsp3) is 0.292. The molecule has 3 aromatic rings. The normalized spacial score (nSPS) is 17.1. The summed E-state index contributed by atoms with van der Waals surface area (Å²) < 4.78 is 39.9. The zero-order valence-electron chi connectivity index (χ0n) is 18.3. The van der Waals surface area contributed by atoms with Gasteiger partial charge in [-0.25, -0.2) is 9.78 Å². The summed E-state index contributed by atoms with van der Waals surface area (Å²) in [6.07, 6.45) is -3.11. The molecule has 0 aliphatic carbocycles. The van der Waals surface area contributed by atoms with Gasteiger partial charge in [0.1, 0.15) is 5.69 Å². The van der Waals surface area contributed by atoms with Gasteiger partial charge in [-0.3, -0.25) is 4.79 Å². The fourth-order valence-electron chi connectivity index (χ4n) is 4.30. The molecule has 2 N–H and O–H groups in total. The van der Waals surface area contributed by atoms with E-state index in [1.54, 1.807) is 12.1 Å². The highest BCUT2D eigenvalue weighted by molar-refractivity contribution is 7.13. The first kappa shape index (κ1) is 25.0. The van der Waals surface area contributed by atoms with Crippen molar-refractivity contribution in [2.24, 2.45) is 0 Å². The van der Waals surface area contributed by atoms with Gasteiger partial charge in [0, 0.05) is 17.6 Å². The molecular weight excluding hydrogens is 503 g/mol. The molecule has 0 bridgehead atoms. The molecule has 2 aromatic heterocycles. The summed E-state index contributed by atoms with van der Waals surface area (Å²) in [5.74, 6) is -0.913. The second kappa shape index (κ2) is 10.2. The number of carbonyl (C=O) groups excluding carboxylic acids is 1. The van der Waals surface area contributed by atoms with E-state index < -0.39 is 46.5 Å². The van der Waals surface area contributed by atoms with Crippen molar-refractivity contribution in [2.75, 3.05) is 6.54 Å². The van der Waals surface area contributed by atoms with Gasteiger partial charge in [-0.05, 0) is 54.0 Å². The van der Waals surface area contributed by atoms with Crippen LogP contribution in [0, 0.1) is 0 Å². The molecule has 184 valence electrons. The quantitative estimate of drug-likeness (QED) is 0.400. The minimum Gasteiger partial charge on any atom is -0.465 e. The SMILES string of the molecule is O=C(NC(c1cccc(-c2cccs2)c1)[C@@H]1CCCCN1C(=O)O)c1nccc(C(F)(F)F)c1Cl. The smallest absolute Gasteiger partial charge is 0.417 e. The number of rotatable bonds is 5. The van der Waals surface area contributed by atoms with Crippen LogP contribution in [0.2, 0.25) is 5.02 Å². The average Bonchev–Trinajstić information content (AvgIpc) is 3.37. The van der Waals surface area contributed by atoms with Crippen molar-refractivity contribution in [1.82, 2.24) is 15.2 Å². The number of thiophene rings is 1. The predicted molar refractivity (Wildman–Crippen MR) is 127 cm³/mol. The molecule has 6 nitrogen and oxygen atoms in total. The van der Waals surface area contributed by atoms with Crippen LogP contribution in [0.3, 0.4) is 0 Å². The van der Waals surface area contributed by atoms with Gasteiger partial charge < -0.3 is 15.3 Å². The predicted octanol–water partition coefficient (Wildman–Crippen LogP) is 6.49. The second-order valence-electron chi connectivity index (χ2n) is 8.11. The molecular formula is C24H21ClF3N3O3S. The Hall–Kier alpha value is -3.11. The molecule has 35 heavy (non-hydrogen) atoms. The number of alkyl halides is 3. The third-order valence-corrected chi connectivity index (χ3v) is 7.23. The maximum Gasteiger partial charge on any atom is 0.417 e. The van der Waals surface area contributed by atoms with E-state index in [4.69, 9.17) is 11.6 Å². The van der Waals surface area contributed by atoms with Gasteiger partial charge in [-0.1, -0.05) is 35.9 Å². The van der Waals surface area contributed by atoms with Crippen LogP contribution >= 0.6 is 22.9 Å². The number of pyridine rings is 1. The van der Waals surface area contributed by atoms with Gasteiger partial charge in [-0.2, -0.15) is 13.2 Å². The second-order valence-corrected chi connectivity index (χ2v) is 9.44. The maximum absolute atomic E-state index is 13.3. The number of benzene rings is 1. The van der Waals surface area contributed by atoms with Crippen LogP contribution in [0.5, 0.6) is 0 Å². The molecule has 11 heteroatoms. The number of aromatic nitrogens is 1. The molecule has 4 rings (SSSR count). The summed E-state index contributed by atoms with van der Waals surface area (Å²) in [7, 11) is 0. The van der Waals surface area contributed by atoms with E-state index in [1.807, 2.05) is 29.6 Å². The summed E-state index contributed by atoms with van der Waals surface area (Å²) in [6, 6.07) is 10.4. The zero-order chi connectivity index (χ0) is 25.2. The minimum atomic E-state index is -4.76. The number of nitrogens with zero attached hydrogens (tertiary/aromatic N) is 2. The Labute approximate surface area is 208 Å². The monoisotopic (exact) mass is 523 g/mol. The highest BCUT2D eigenvalue weighted by Gasteiger charge is 2.38. The summed E-state index contributed by atoms with van der Waals surface area (Å²) in [5.41, 5.74) is -0.228. The van der Waals surface area contributed by atoms with E-state index in [0.717, 1.165) is 23.1 Å². The van der Waals surface area contributed by atoms with E-state index >= 15 is 0 Å². The topological polar surface area (TPSA) is 82.5 Å². The largest absolute Gasteiger partial charge is 0.465 e. The van der Waals surface area contributed by atoms with Crippen molar-refractivity contribution in [1.29, 1.82) is 0 Å². The average molecular weight is 524 g/mol. The Morgan fingerprint density at radius 3 is 2.69 bits per heavy atom. The lowest BCUT2D eigenvalue weighted by atomic mass is 9.90. The Kier molecular flexibility index (Phi) is 7.32. The molecule has 1 aliphatic heterocycles. The van der Waals surface area contributed by atoms with Crippen LogP contribution < -0.4 is 5.32 Å². The van der Waals surface area contributed by atoms with Crippen molar-refractivity contribution in [2.45, 2.75) is 37.5 Å². The fourth-order valence-corrected chi connectivity index (χ4v) is 5.33. The van der Waals surface area contributed by atoms with E-state index in [9.17, 15) is 27.9 Å². The number of likely N-dealkylation sites (tertiary alicyclic amines) is 1. The van der Waals surface area contributed by atoms with Crippen molar-refractivity contribution < 1.29 is 27.9 Å². The van der Waals surface area contributed by atoms with Gasteiger partial charge >= 0.3 is 12.3 Å². The number of piperidine rings is 1. The lowest BCUT2D eigenvalue weighted by molar-refractivity contribution is -0.137. The molecule has 1 fully saturated rings. The molecule has 0 spiro atoms. The molecule has 1 aromatic carbocycles. The third-order valence-electron chi connectivity index (χ3n) is 5.93. The van der Waals surface area contributed by atoms with Crippen molar-refractivity contribution in [3.05, 3.63) is 75.9 Å². The van der Waals surface area contributed by atoms with Gasteiger partial charge in [0.05, 0.1) is 22.7 Å². The Balaban J connectivity index is 1.74. The molecule has 0 radical (unpaired) electrons. The molecule has 1 saturated heterocycles. The number of carboxylic acid groups (broad SMARTS) is 1. The van der Waals surface area contributed by atoms with Gasteiger partial charge in [0.15, 0.2) is 0 Å². The molecule has 2 amide bonds. The Morgan fingerprint density at radius 2 is 2.00 bits per heavy atom. The summed E-state index contributed by atoms with van der Waals surface area (Å²) in [5, 5.41) is 13.7. The molecule has 0 saturated carbocycles. The lowest BCUT2D eigenvalue weighted by Gasteiger charge is -2.39. The number of amides is 2.